The number of rotatable bonds is 9. The minimum Gasteiger partial charge on any atom is -0.497 e. The summed E-state index contributed by atoms with van der Waals surface area (Å²) < 4.78 is 20.3. The van der Waals surface area contributed by atoms with E-state index < -0.39 is 23.4 Å². The highest BCUT2D eigenvalue weighted by atomic mass is 16.6. The van der Waals surface area contributed by atoms with Crippen LogP contribution in [-0.4, -0.2) is 44.7 Å². The van der Waals surface area contributed by atoms with Crippen LogP contribution in [0.4, 0.5) is 11.4 Å². The summed E-state index contributed by atoms with van der Waals surface area (Å²) in [6.45, 7) is -0.553. The number of esters is 1. The summed E-state index contributed by atoms with van der Waals surface area (Å²) in [5.41, 5.74) is 0.647. The lowest BCUT2D eigenvalue weighted by molar-refractivity contribution is -0.384. The number of amides is 1. The Morgan fingerprint density at radius 1 is 1.03 bits per heavy atom. The van der Waals surface area contributed by atoms with Gasteiger partial charge in [-0.05, 0) is 24.3 Å². The van der Waals surface area contributed by atoms with Crippen LogP contribution in [0.2, 0.25) is 0 Å². The molecule has 0 atom stereocenters. The van der Waals surface area contributed by atoms with Gasteiger partial charge in [-0.2, -0.15) is 0 Å². The van der Waals surface area contributed by atoms with Gasteiger partial charge in [-0.1, -0.05) is 0 Å². The van der Waals surface area contributed by atoms with Crippen molar-refractivity contribution in [2.75, 3.05) is 33.3 Å². The van der Waals surface area contributed by atoms with Crippen molar-refractivity contribution in [3.8, 4) is 17.2 Å². The van der Waals surface area contributed by atoms with E-state index >= 15 is 0 Å². The number of hydrogen-bond acceptors (Lipinski definition) is 8. The Labute approximate surface area is 172 Å². The van der Waals surface area contributed by atoms with Crippen molar-refractivity contribution in [2.45, 2.75) is 0 Å². The van der Waals surface area contributed by atoms with Gasteiger partial charge in [0.15, 0.2) is 6.61 Å². The summed E-state index contributed by atoms with van der Waals surface area (Å²) in [6, 6.07) is 8.79. The van der Waals surface area contributed by atoms with E-state index in [1.54, 1.807) is 18.2 Å². The second kappa shape index (κ2) is 10.5. The van der Waals surface area contributed by atoms with Gasteiger partial charge in [0, 0.05) is 23.8 Å². The Hall–Kier alpha value is -4.08. The van der Waals surface area contributed by atoms with E-state index in [1.165, 1.54) is 45.6 Å². The summed E-state index contributed by atoms with van der Waals surface area (Å²) in [5.74, 6) is -0.161. The van der Waals surface area contributed by atoms with Crippen LogP contribution in [0.3, 0.4) is 0 Å². The maximum atomic E-state index is 12.0. The summed E-state index contributed by atoms with van der Waals surface area (Å²) in [4.78, 5) is 34.1. The molecule has 0 spiro atoms. The third kappa shape index (κ3) is 5.96. The molecule has 0 aliphatic heterocycles. The van der Waals surface area contributed by atoms with Crippen LogP contribution in [0, 0.1) is 10.1 Å². The standard InChI is InChI=1S/C20H20N2O8/c1-27-15-7-4-13(17(11-15)28-2)5-9-20(24)30-12-19(23)21-16-8-6-14(22(25)26)10-18(16)29-3/h4-11H,12H2,1-3H3,(H,21,23)/b9-5+. The molecule has 2 rings (SSSR count). The van der Waals surface area contributed by atoms with Gasteiger partial charge in [0.1, 0.15) is 17.2 Å². The molecule has 0 unspecified atom stereocenters. The lowest BCUT2D eigenvalue weighted by Gasteiger charge is -2.10. The average molecular weight is 416 g/mol. The monoisotopic (exact) mass is 416 g/mol. The molecule has 0 fully saturated rings. The number of nitro benzene ring substituents is 1. The maximum absolute atomic E-state index is 12.0. The van der Waals surface area contributed by atoms with Crippen molar-refractivity contribution >= 4 is 29.3 Å². The van der Waals surface area contributed by atoms with Crippen LogP contribution in [0.1, 0.15) is 5.56 Å². The molecule has 1 amide bonds. The molecule has 0 aliphatic carbocycles. The number of ether oxygens (including phenoxy) is 4. The molecule has 10 nitrogen and oxygen atoms in total. The van der Waals surface area contributed by atoms with Crippen LogP contribution in [0.15, 0.2) is 42.5 Å². The molecule has 0 saturated heterocycles. The van der Waals surface area contributed by atoms with Gasteiger partial charge in [-0.25, -0.2) is 4.79 Å². The van der Waals surface area contributed by atoms with E-state index in [2.05, 4.69) is 5.32 Å². The molecule has 0 radical (unpaired) electrons. The quantitative estimate of drug-likeness (QED) is 0.286. The van der Waals surface area contributed by atoms with Gasteiger partial charge >= 0.3 is 5.97 Å². The van der Waals surface area contributed by atoms with Crippen molar-refractivity contribution in [2.24, 2.45) is 0 Å². The molecular formula is C20H20N2O8. The lowest BCUT2D eigenvalue weighted by atomic mass is 10.2. The van der Waals surface area contributed by atoms with Crippen LogP contribution < -0.4 is 19.5 Å². The Bertz CT molecular complexity index is 971. The molecular weight excluding hydrogens is 396 g/mol. The predicted molar refractivity (Wildman–Crippen MR) is 108 cm³/mol. The molecule has 0 heterocycles. The van der Waals surface area contributed by atoms with Crippen molar-refractivity contribution in [3.63, 3.8) is 0 Å². The predicted octanol–water partition coefficient (Wildman–Crippen LogP) is 2.82. The topological polar surface area (TPSA) is 126 Å². The first-order valence-corrected chi connectivity index (χ1v) is 8.57. The Morgan fingerprint density at radius 2 is 1.77 bits per heavy atom. The number of benzene rings is 2. The molecule has 0 aliphatic rings. The van der Waals surface area contributed by atoms with E-state index in [4.69, 9.17) is 18.9 Å². The van der Waals surface area contributed by atoms with E-state index in [0.717, 1.165) is 6.08 Å². The first kappa shape index (κ1) is 22.2. The molecule has 2 aromatic carbocycles. The number of non-ortho nitro benzene ring substituents is 1. The number of anilines is 1. The lowest BCUT2D eigenvalue weighted by Crippen LogP contribution is -2.20. The van der Waals surface area contributed by atoms with Gasteiger partial charge in [0.05, 0.1) is 38.0 Å². The SMILES string of the molecule is COc1ccc(/C=C/C(=O)OCC(=O)Nc2ccc([N+](=O)[O-])cc2OC)c(OC)c1. The Morgan fingerprint density at radius 3 is 2.40 bits per heavy atom. The number of nitrogens with zero attached hydrogens (tertiary/aromatic N) is 1. The van der Waals surface area contributed by atoms with Crippen LogP contribution in [0.25, 0.3) is 6.08 Å². The fourth-order valence-corrected chi connectivity index (χ4v) is 2.38. The number of methoxy groups -OCH3 is 3. The summed E-state index contributed by atoms with van der Waals surface area (Å²) in [5, 5.41) is 13.3. The fraction of sp³-hybridized carbons (Fsp3) is 0.200. The maximum Gasteiger partial charge on any atom is 0.331 e. The van der Waals surface area contributed by atoms with Crippen LogP contribution >= 0.6 is 0 Å². The first-order valence-electron chi connectivity index (χ1n) is 8.57. The van der Waals surface area contributed by atoms with E-state index in [-0.39, 0.29) is 17.1 Å². The van der Waals surface area contributed by atoms with Gasteiger partial charge in [-0.15, -0.1) is 0 Å². The first-order chi connectivity index (χ1) is 14.4. The highest BCUT2D eigenvalue weighted by Crippen LogP contribution is 2.29. The van der Waals surface area contributed by atoms with Crippen molar-refractivity contribution in [3.05, 3.63) is 58.2 Å². The van der Waals surface area contributed by atoms with Gasteiger partial charge < -0.3 is 24.3 Å². The van der Waals surface area contributed by atoms with Crippen molar-refractivity contribution in [1.29, 1.82) is 0 Å². The zero-order chi connectivity index (χ0) is 22.1. The molecule has 0 bridgehead atoms. The molecule has 0 saturated carbocycles. The molecule has 0 aromatic heterocycles. The van der Waals surface area contributed by atoms with E-state index in [9.17, 15) is 19.7 Å². The summed E-state index contributed by atoms with van der Waals surface area (Å²) in [7, 11) is 4.33. The largest absolute Gasteiger partial charge is 0.497 e. The second-order valence-corrected chi connectivity index (χ2v) is 5.74. The molecule has 30 heavy (non-hydrogen) atoms. The fourth-order valence-electron chi connectivity index (χ4n) is 2.38. The number of carbonyl (C=O) groups is 2. The van der Waals surface area contributed by atoms with E-state index in [1.807, 2.05) is 0 Å². The van der Waals surface area contributed by atoms with E-state index in [0.29, 0.717) is 17.1 Å². The number of nitrogens with one attached hydrogen (secondary N) is 1. The minimum absolute atomic E-state index is 0.107. The number of nitro groups is 1. The molecule has 1 N–H and O–H groups in total. The highest BCUT2D eigenvalue weighted by Gasteiger charge is 2.14. The second-order valence-electron chi connectivity index (χ2n) is 5.74. The summed E-state index contributed by atoms with van der Waals surface area (Å²) >= 11 is 0. The van der Waals surface area contributed by atoms with Gasteiger partial charge in [0.2, 0.25) is 0 Å². The number of carbonyl (C=O) groups excluding carboxylic acids is 2. The van der Waals surface area contributed by atoms with Gasteiger partial charge in [-0.3, -0.25) is 14.9 Å². The third-order valence-corrected chi connectivity index (χ3v) is 3.86. The van der Waals surface area contributed by atoms with Crippen LogP contribution in [-0.2, 0) is 14.3 Å². The zero-order valence-corrected chi connectivity index (χ0v) is 16.5. The molecule has 158 valence electrons. The Balaban J connectivity index is 1.94. The molecule has 2 aromatic rings. The van der Waals surface area contributed by atoms with Crippen LogP contribution in [0.5, 0.6) is 17.2 Å². The third-order valence-electron chi connectivity index (χ3n) is 3.86. The Kier molecular flexibility index (Phi) is 7.74. The highest BCUT2D eigenvalue weighted by molar-refractivity contribution is 5.95. The smallest absolute Gasteiger partial charge is 0.331 e. The average Bonchev–Trinajstić information content (AvgIpc) is 2.76. The van der Waals surface area contributed by atoms with Gasteiger partial charge in [0.25, 0.3) is 11.6 Å². The minimum atomic E-state index is -0.737. The number of hydrogen-bond donors (Lipinski definition) is 1. The van der Waals surface area contributed by atoms with Crippen molar-refractivity contribution < 1.29 is 33.5 Å². The summed E-state index contributed by atoms with van der Waals surface area (Å²) in [6.07, 6.45) is 2.64. The normalized spacial score (nSPS) is 10.4. The zero-order valence-electron chi connectivity index (χ0n) is 16.5. The van der Waals surface area contributed by atoms with Crippen molar-refractivity contribution in [1.82, 2.24) is 0 Å². The molecule has 10 heteroatoms.